The van der Waals surface area contributed by atoms with Crippen molar-refractivity contribution in [2.24, 2.45) is 0 Å². The molecule has 1 fully saturated rings. The van der Waals surface area contributed by atoms with Crippen LogP contribution < -0.4 is 9.64 Å². The van der Waals surface area contributed by atoms with Crippen LogP contribution in [0, 0.1) is 0 Å². The normalized spacial score (nSPS) is 20.2. The van der Waals surface area contributed by atoms with Gasteiger partial charge in [0.1, 0.15) is 11.6 Å². The second-order valence-corrected chi connectivity index (χ2v) is 8.16. The van der Waals surface area contributed by atoms with E-state index in [2.05, 4.69) is 34.9 Å². The van der Waals surface area contributed by atoms with Crippen LogP contribution in [0.15, 0.2) is 18.2 Å². The van der Waals surface area contributed by atoms with Crippen LogP contribution in [-0.2, 0) is 24.3 Å². The zero-order valence-corrected chi connectivity index (χ0v) is 17.2. The lowest BCUT2D eigenvalue weighted by Gasteiger charge is -2.37. The van der Waals surface area contributed by atoms with Crippen LogP contribution in [0.3, 0.4) is 0 Å². The van der Waals surface area contributed by atoms with Crippen molar-refractivity contribution in [3.63, 3.8) is 0 Å². The van der Waals surface area contributed by atoms with E-state index in [0.29, 0.717) is 19.1 Å². The van der Waals surface area contributed by atoms with Gasteiger partial charge in [0, 0.05) is 52.1 Å². The Kier molecular flexibility index (Phi) is 4.66. The Morgan fingerprint density at radius 3 is 2.76 bits per heavy atom. The van der Waals surface area contributed by atoms with Gasteiger partial charge in [0.25, 0.3) is 0 Å². The van der Waals surface area contributed by atoms with Crippen LogP contribution in [-0.4, -0.2) is 69.8 Å². The lowest BCUT2D eigenvalue weighted by Crippen LogP contribution is -2.47. The highest BCUT2D eigenvalue weighted by Crippen LogP contribution is 2.31. The van der Waals surface area contributed by atoms with E-state index >= 15 is 0 Å². The number of fused-ring (bicyclic) bond motifs is 2. The number of amides is 1. The summed E-state index contributed by atoms with van der Waals surface area (Å²) in [6.45, 7) is 10.4. The van der Waals surface area contributed by atoms with Crippen LogP contribution in [0.5, 0.6) is 5.75 Å². The van der Waals surface area contributed by atoms with Crippen LogP contribution in [0.25, 0.3) is 0 Å². The van der Waals surface area contributed by atoms with Gasteiger partial charge in [-0.3, -0.25) is 9.69 Å². The van der Waals surface area contributed by atoms with Crippen molar-refractivity contribution in [3.8, 4) is 5.75 Å². The summed E-state index contributed by atoms with van der Waals surface area (Å²) < 4.78 is 7.70. The molecule has 1 saturated heterocycles. The minimum absolute atomic E-state index is 0.0976. The molecule has 8 heteroatoms. The molecule has 0 spiro atoms. The standard InChI is InChI=1S/C21H28N6O2/c1-15(18-4-3-17-5-12-29-19(17)13-18)24-6-8-25(9-7-24)21-22-20-14-26(16(2)28)10-11-27(20)23-21/h3-4,13,15H,5-12,14H2,1-2H3. The maximum Gasteiger partial charge on any atom is 0.245 e. The summed E-state index contributed by atoms with van der Waals surface area (Å²) in [4.78, 5) is 23.0. The lowest BCUT2D eigenvalue weighted by atomic mass is 10.0. The molecule has 0 N–H and O–H groups in total. The second kappa shape index (κ2) is 7.33. The summed E-state index contributed by atoms with van der Waals surface area (Å²) in [6.07, 6.45) is 1.02. The maximum atomic E-state index is 11.6. The molecule has 4 heterocycles. The zero-order chi connectivity index (χ0) is 20.0. The van der Waals surface area contributed by atoms with Gasteiger partial charge >= 0.3 is 0 Å². The molecular formula is C21H28N6O2. The van der Waals surface area contributed by atoms with Crippen LogP contribution in [0.1, 0.15) is 36.8 Å². The molecule has 0 radical (unpaired) electrons. The van der Waals surface area contributed by atoms with Gasteiger partial charge < -0.3 is 14.5 Å². The summed E-state index contributed by atoms with van der Waals surface area (Å²) in [5, 5.41) is 4.69. The topological polar surface area (TPSA) is 66.7 Å². The summed E-state index contributed by atoms with van der Waals surface area (Å²) in [6, 6.07) is 7.04. The second-order valence-electron chi connectivity index (χ2n) is 8.16. The van der Waals surface area contributed by atoms with Crippen molar-refractivity contribution in [2.45, 2.75) is 39.4 Å². The van der Waals surface area contributed by atoms with E-state index in [1.165, 1.54) is 11.1 Å². The Morgan fingerprint density at radius 1 is 1.14 bits per heavy atom. The molecular weight excluding hydrogens is 368 g/mol. The van der Waals surface area contributed by atoms with Crippen molar-refractivity contribution in [1.29, 1.82) is 0 Å². The highest BCUT2D eigenvalue weighted by molar-refractivity contribution is 5.73. The van der Waals surface area contributed by atoms with Gasteiger partial charge in [0.05, 0.1) is 19.7 Å². The molecule has 29 heavy (non-hydrogen) atoms. The summed E-state index contributed by atoms with van der Waals surface area (Å²) in [5.74, 6) is 2.83. The van der Waals surface area contributed by atoms with Gasteiger partial charge in [0.2, 0.25) is 11.9 Å². The van der Waals surface area contributed by atoms with Crippen molar-refractivity contribution >= 4 is 11.9 Å². The number of carbonyl (C=O) groups is 1. The quantitative estimate of drug-likeness (QED) is 0.783. The molecule has 2 aromatic rings. The summed E-state index contributed by atoms with van der Waals surface area (Å²) in [5.41, 5.74) is 2.64. The highest BCUT2D eigenvalue weighted by atomic mass is 16.5. The number of ether oxygens (including phenoxy) is 1. The fourth-order valence-corrected chi connectivity index (χ4v) is 4.49. The molecule has 3 aliphatic heterocycles. The average molecular weight is 396 g/mol. The molecule has 1 unspecified atom stereocenters. The molecule has 0 aliphatic carbocycles. The van der Waals surface area contributed by atoms with E-state index in [-0.39, 0.29) is 5.91 Å². The predicted molar refractivity (Wildman–Crippen MR) is 109 cm³/mol. The fraction of sp³-hybridized carbons (Fsp3) is 0.571. The number of hydrogen-bond acceptors (Lipinski definition) is 6. The first kappa shape index (κ1) is 18.4. The number of rotatable bonds is 3. The minimum atomic E-state index is 0.0976. The first-order chi connectivity index (χ1) is 14.1. The molecule has 1 atom stereocenters. The van der Waals surface area contributed by atoms with Crippen molar-refractivity contribution in [1.82, 2.24) is 24.6 Å². The molecule has 3 aliphatic rings. The van der Waals surface area contributed by atoms with E-state index in [0.717, 1.165) is 63.3 Å². The SMILES string of the molecule is CC(=O)N1CCn2nc(N3CCN(C(C)c4ccc5c(c4)OCC5)CC3)nc2C1. The summed E-state index contributed by atoms with van der Waals surface area (Å²) in [7, 11) is 0. The van der Waals surface area contributed by atoms with Crippen molar-refractivity contribution in [2.75, 3.05) is 44.2 Å². The van der Waals surface area contributed by atoms with E-state index in [1.807, 2.05) is 9.58 Å². The number of hydrogen-bond donors (Lipinski definition) is 0. The predicted octanol–water partition coefficient (Wildman–Crippen LogP) is 1.46. The molecule has 1 aromatic heterocycles. The molecule has 1 aromatic carbocycles. The van der Waals surface area contributed by atoms with Gasteiger partial charge in [-0.05, 0) is 24.1 Å². The third-order valence-corrected chi connectivity index (χ3v) is 6.44. The number of aromatic nitrogens is 3. The molecule has 8 nitrogen and oxygen atoms in total. The molecule has 0 saturated carbocycles. The van der Waals surface area contributed by atoms with Crippen molar-refractivity contribution in [3.05, 3.63) is 35.2 Å². The van der Waals surface area contributed by atoms with Crippen molar-refractivity contribution < 1.29 is 9.53 Å². The van der Waals surface area contributed by atoms with E-state index in [1.54, 1.807) is 6.92 Å². The third kappa shape index (κ3) is 3.46. The average Bonchev–Trinajstić information content (AvgIpc) is 3.38. The van der Waals surface area contributed by atoms with Gasteiger partial charge in [0.15, 0.2) is 0 Å². The zero-order valence-electron chi connectivity index (χ0n) is 17.2. The Bertz CT molecular complexity index is 918. The van der Waals surface area contributed by atoms with E-state index < -0.39 is 0 Å². The largest absolute Gasteiger partial charge is 0.493 e. The van der Waals surface area contributed by atoms with Crippen LogP contribution >= 0.6 is 0 Å². The molecule has 1 amide bonds. The Balaban J connectivity index is 1.22. The number of piperazine rings is 1. The molecule has 5 rings (SSSR count). The van der Waals surface area contributed by atoms with Gasteiger partial charge in [-0.1, -0.05) is 12.1 Å². The minimum Gasteiger partial charge on any atom is -0.493 e. The van der Waals surface area contributed by atoms with E-state index in [4.69, 9.17) is 14.8 Å². The Labute approximate surface area is 171 Å². The Hall–Kier alpha value is -2.61. The first-order valence-corrected chi connectivity index (χ1v) is 10.5. The number of benzene rings is 1. The maximum absolute atomic E-state index is 11.6. The third-order valence-electron chi connectivity index (χ3n) is 6.44. The van der Waals surface area contributed by atoms with E-state index in [9.17, 15) is 4.79 Å². The van der Waals surface area contributed by atoms with Gasteiger partial charge in [-0.25, -0.2) is 4.68 Å². The molecule has 154 valence electrons. The highest BCUT2D eigenvalue weighted by Gasteiger charge is 2.27. The summed E-state index contributed by atoms with van der Waals surface area (Å²) >= 11 is 0. The van der Waals surface area contributed by atoms with Crippen LogP contribution in [0.2, 0.25) is 0 Å². The van der Waals surface area contributed by atoms with Gasteiger partial charge in [-0.15, -0.1) is 5.10 Å². The lowest BCUT2D eigenvalue weighted by molar-refractivity contribution is -0.130. The smallest absolute Gasteiger partial charge is 0.245 e. The number of anilines is 1. The first-order valence-electron chi connectivity index (χ1n) is 10.5. The fourth-order valence-electron chi connectivity index (χ4n) is 4.49. The monoisotopic (exact) mass is 396 g/mol. The van der Waals surface area contributed by atoms with Crippen LogP contribution in [0.4, 0.5) is 5.95 Å². The number of carbonyl (C=O) groups excluding carboxylic acids is 1. The molecule has 0 bridgehead atoms. The Morgan fingerprint density at radius 2 is 1.97 bits per heavy atom. The number of nitrogens with zero attached hydrogens (tertiary/aromatic N) is 6. The van der Waals surface area contributed by atoms with Gasteiger partial charge in [-0.2, -0.15) is 4.98 Å².